The van der Waals surface area contributed by atoms with Gasteiger partial charge in [-0.05, 0) is 61.1 Å². The van der Waals surface area contributed by atoms with Crippen LogP contribution in [0.4, 0.5) is 0 Å². The summed E-state index contributed by atoms with van der Waals surface area (Å²) in [6, 6.07) is 6.20. The monoisotopic (exact) mass is 1150 g/mol. The lowest BCUT2D eigenvalue weighted by molar-refractivity contribution is -0.135. The number of nitrogens with one attached hydrogen (secondary N) is 11. The summed E-state index contributed by atoms with van der Waals surface area (Å²) < 4.78 is 0. The number of fused-ring (bicyclic) bond motifs is 1. The molecule has 0 bridgehead atoms. The number of aliphatic hydroxyl groups excluding tert-OH is 1. The number of aromatic amines is 2. The van der Waals surface area contributed by atoms with Crippen LogP contribution in [0.25, 0.3) is 10.9 Å². The van der Waals surface area contributed by atoms with Crippen molar-refractivity contribution in [1.29, 1.82) is 0 Å². The Bertz CT molecular complexity index is 2860. The van der Waals surface area contributed by atoms with Crippen LogP contribution in [-0.2, 0) is 72.0 Å². The second kappa shape index (κ2) is 32.7. The Hall–Kier alpha value is -8.68. The minimum absolute atomic E-state index is 0.0292. The molecule has 16 N–H and O–H groups in total. The van der Waals surface area contributed by atoms with Crippen LogP contribution in [0.15, 0.2) is 73.3 Å². The number of carbonyl (C=O) groups excluding carboxylic acids is 11. The number of H-pyrrole nitrogens is 2. The first kappa shape index (κ1) is 66.8. The van der Waals surface area contributed by atoms with Gasteiger partial charge in [0.1, 0.15) is 42.3 Å². The van der Waals surface area contributed by atoms with E-state index in [-0.39, 0.29) is 56.8 Å². The molecule has 0 radical (unpaired) electrons. The molecule has 0 saturated carbocycles. The van der Waals surface area contributed by atoms with Crippen molar-refractivity contribution in [2.24, 2.45) is 29.2 Å². The van der Waals surface area contributed by atoms with E-state index in [2.05, 4.69) is 62.8 Å². The Balaban J connectivity index is 1.46. The number of rotatable bonds is 34. The zero-order chi connectivity index (χ0) is 61.5. The Morgan fingerprint density at radius 1 is 0.590 bits per heavy atom. The van der Waals surface area contributed by atoms with E-state index in [4.69, 9.17) is 11.5 Å². The molecule has 2 aromatic carbocycles. The van der Waals surface area contributed by atoms with E-state index >= 15 is 0 Å². The van der Waals surface area contributed by atoms with E-state index in [1.165, 1.54) is 26.4 Å². The number of para-hydroxylation sites is 1. The van der Waals surface area contributed by atoms with Gasteiger partial charge < -0.3 is 74.4 Å². The number of benzene rings is 2. The third-order valence-corrected chi connectivity index (χ3v) is 13.4. The Morgan fingerprint density at radius 3 is 1.80 bits per heavy atom. The minimum atomic E-state index is -1.43. The van der Waals surface area contributed by atoms with E-state index in [9.17, 15) is 57.8 Å². The highest BCUT2D eigenvalue weighted by molar-refractivity contribution is 5.98. The summed E-state index contributed by atoms with van der Waals surface area (Å²) in [5.74, 6) is -8.94. The zero-order valence-electron chi connectivity index (χ0n) is 48.3. The second-order valence-electron chi connectivity index (χ2n) is 21.9. The van der Waals surface area contributed by atoms with Crippen LogP contribution in [0.3, 0.4) is 0 Å². The average Bonchev–Trinajstić information content (AvgIpc) is 4.26. The SMILES string of the molecule is CC(=O)N[C@H](Cc1ccccc1)C(=O)N[C@@H](CCC(N)=O)C(=O)N[C@@H](Cc1c[nH]c2ccccc12)C(=O)NC(C)C(=O)N[C@H](C(=O)NCC(=O)N[C@@H](Cc1c[nH]cn1)C(=O)N[C@@H](CC(C)C)[C@@H](O)CC(=O)N[C@@H](CC(C)C)C(N)=O)C(C)C. The van der Waals surface area contributed by atoms with Gasteiger partial charge in [0.05, 0.1) is 37.1 Å². The minimum Gasteiger partial charge on any atom is -0.390 e. The first-order valence-electron chi connectivity index (χ1n) is 27.7. The molecule has 452 valence electrons. The molecule has 26 nitrogen and oxygen atoms in total. The van der Waals surface area contributed by atoms with Crippen LogP contribution in [0.2, 0.25) is 0 Å². The normalized spacial score (nSPS) is 14.6. The molecule has 1 unspecified atom stereocenters. The predicted octanol–water partition coefficient (Wildman–Crippen LogP) is -0.797. The molecule has 2 aromatic heterocycles. The quantitative estimate of drug-likeness (QED) is 0.0273. The summed E-state index contributed by atoms with van der Waals surface area (Å²) in [6.07, 6.45) is 2.34. The highest BCUT2D eigenvalue weighted by Crippen LogP contribution is 2.20. The number of nitrogens with two attached hydrogens (primary N) is 2. The Morgan fingerprint density at radius 2 is 1.18 bits per heavy atom. The second-order valence-corrected chi connectivity index (χ2v) is 21.9. The maximum atomic E-state index is 14.3. The van der Waals surface area contributed by atoms with Crippen LogP contribution in [0.5, 0.6) is 0 Å². The molecule has 0 aliphatic rings. The topological polar surface area (TPSA) is 413 Å². The van der Waals surface area contributed by atoms with Crippen LogP contribution in [0.1, 0.15) is 104 Å². The number of aliphatic hydroxyl groups is 1. The number of hydrogen-bond acceptors (Lipinski definition) is 13. The van der Waals surface area contributed by atoms with Crippen LogP contribution in [-0.4, -0.2) is 146 Å². The van der Waals surface area contributed by atoms with Gasteiger partial charge in [0.25, 0.3) is 0 Å². The third kappa shape index (κ3) is 22.6. The number of aromatic nitrogens is 3. The molecule has 11 amide bonds. The molecule has 4 aromatic rings. The number of nitrogens with zero attached hydrogens (tertiary/aromatic N) is 1. The summed E-state index contributed by atoms with van der Waals surface area (Å²) in [4.78, 5) is 157. The van der Waals surface area contributed by atoms with Crippen molar-refractivity contribution < 1.29 is 57.8 Å². The fourth-order valence-electron chi connectivity index (χ4n) is 9.08. The van der Waals surface area contributed by atoms with Gasteiger partial charge in [0.15, 0.2) is 0 Å². The highest BCUT2D eigenvalue weighted by atomic mass is 16.3. The van der Waals surface area contributed by atoms with Crippen molar-refractivity contribution >= 4 is 75.9 Å². The van der Waals surface area contributed by atoms with Crippen molar-refractivity contribution in [1.82, 2.24) is 62.8 Å². The van der Waals surface area contributed by atoms with Crippen molar-refractivity contribution in [3.63, 3.8) is 0 Å². The fraction of sp³-hybridized carbons (Fsp3) is 0.509. The van der Waals surface area contributed by atoms with E-state index in [0.717, 1.165) is 10.9 Å². The van der Waals surface area contributed by atoms with Gasteiger partial charge in [-0.2, -0.15) is 0 Å². The average molecular weight is 1160 g/mol. The molecule has 0 saturated heterocycles. The van der Waals surface area contributed by atoms with E-state index in [0.29, 0.717) is 16.8 Å². The molecule has 0 spiro atoms. The lowest BCUT2D eigenvalue weighted by atomic mass is 9.96. The summed E-state index contributed by atoms with van der Waals surface area (Å²) in [5, 5.41) is 35.5. The molecule has 0 fully saturated rings. The largest absolute Gasteiger partial charge is 0.390 e. The first-order valence-corrected chi connectivity index (χ1v) is 27.7. The van der Waals surface area contributed by atoms with Gasteiger partial charge in [-0.1, -0.05) is 90.1 Å². The first-order chi connectivity index (χ1) is 39.2. The molecule has 83 heavy (non-hydrogen) atoms. The lowest BCUT2D eigenvalue weighted by Crippen LogP contribution is -2.60. The highest BCUT2D eigenvalue weighted by Gasteiger charge is 2.35. The van der Waals surface area contributed by atoms with E-state index in [1.807, 2.05) is 33.8 Å². The Kier molecular flexibility index (Phi) is 26.3. The van der Waals surface area contributed by atoms with Crippen LogP contribution < -0.4 is 59.3 Å². The molecular weight excluding hydrogens is 1070 g/mol. The number of carbonyl (C=O) groups is 11. The maximum absolute atomic E-state index is 14.3. The molecule has 0 aliphatic heterocycles. The number of amides is 11. The fourth-order valence-corrected chi connectivity index (χ4v) is 9.08. The van der Waals surface area contributed by atoms with Gasteiger partial charge in [0, 0.05) is 55.9 Å². The predicted molar refractivity (Wildman–Crippen MR) is 306 cm³/mol. The Labute approximate surface area is 482 Å². The van der Waals surface area contributed by atoms with Gasteiger partial charge in [-0.3, -0.25) is 52.7 Å². The van der Waals surface area contributed by atoms with Crippen molar-refractivity contribution in [3.8, 4) is 0 Å². The molecule has 4 rings (SSSR count). The number of hydrogen-bond donors (Lipinski definition) is 14. The molecule has 26 heteroatoms. The molecule has 2 heterocycles. The lowest BCUT2D eigenvalue weighted by Gasteiger charge is -2.28. The van der Waals surface area contributed by atoms with Crippen molar-refractivity contribution in [2.75, 3.05) is 6.54 Å². The number of primary amides is 2. The molecule has 0 aliphatic carbocycles. The van der Waals surface area contributed by atoms with Gasteiger partial charge >= 0.3 is 0 Å². The van der Waals surface area contributed by atoms with E-state index < -0.39 is 138 Å². The standard InChI is InChI=1S/C57H82N14O12/c1-30(2)20-41(46(73)25-48(75)66-42(51(59)77)21-31(3)4)69-56(82)45(24-37-27-60-29-63-37)67-49(76)28-62-57(83)50(32(5)6)71-52(78)33(7)64-54(80)44(23-36-26-61-39-17-13-12-16-38(36)39)70-53(79)40(18-19-47(58)74)68-55(81)43(65-34(8)72)22-35-14-10-9-11-15-35/h9-17,26-27,29-33,40-46,50,61,73H,18-25,28H2,1-8H3,(H2,58,74)(H2,59,77)(H,60,63)(H,62,83)(H,64,80)(H,65,72)(H,66,75)(H,67,76)(H,68,81)(H,69,82)(H,70,79)(H,71,78)/t33?,40-,41-,42-,43+,44-,45-,46-,50-/m0/s1. The van der Waals surface area contributed by atoms with Crippen molar-refractivity contribution in [3.05, 3.63) is 90.1 Å². The smallest absolute Gasteiger partial charge is 0.243 e. The maximum Gasteiger partial charge on any atom is 0.243 e. The van der Waals surface area contributed by atoms with E-state index in [1.54, 1.807) is 68.6 Å². The van der Waals surface area contributed by atoms with Crippen LogP contribution in [0, 0.1) is 17.8 Å². The number of imidazole rings is 1. The van der Waals surface area contributed by atoms with Crippen LogP contribution >= 0.6 is 0 Å². The summed E-state index contributed by atoms with van der Waals surface area (Å²) in [5.41, 5.74) is 13.4. The van der Waals surface area contributed by atoms with Crippen molar-refractivity contribution in [2.45, 2.75) is 161 Å². The third-order valence-electron chi connectivity index (χ3n) is 13.4. The van der Waals surface area contributed by atoms with Gasteiger partial charge in [-0.25, -0.2) is 4.98 Å². The zero-order valence-corrected chi connectivity index (χ0v) is 48.3. The molecule has 9 atom stereocenters. The van der Waals surface area contributed by atoms with Gasteiger partial charge in [-0.15, -0.1) is 0 Å². The molecular formula is C57H82N14O12. The summed E-state index contributed by atoms with van der Waals surface area (Å²) >= 11 is 0. The summed E-state index contributed by atoms with van der Waals surface area (Å²) in [6.45, 7) is 12.6. The summed E-state index contributed by atoms with van der Waals surface area (Å²) in [7, 11) is 0. The van der Waals surface area contributed by atoms with Gasteiger partial charge in [0.2, 0.25) is 65.0 Å².